The van der Waals surface area contributed by atoms with Crippen LogP contribution in [0.2, 0.25) is 0 Å². The van der Waals surface area contributed by atoms with Crippen molar-refractivity contribution in [3.05, 3.63) is 77.3 Å². The number of halogens is 1. The van der Waals surface area contributed by atoms with Crippen LogP contribution in [0.3, 0.4) is 0 Å². The molecule has 0 aliphatic heterocycles. The third-order valence-corrected chi connectivity index (χ3v) is 4.54. The van der Waals surface area contributed by atoms with Gasteiger partial charge in [-0.1, -0.05) is 58.4 Å². The average Bonchev–Trinajstić information content (AvgIpc) is 2.95. The molecule has 1 heterocycles. The van der Waals surface area contributed by atoms with Gasteiger partial charge < -0.3 is 5.73 Å². The molecule has 0 spiro atoms. The van der Waals surface area contributed by atoms with Gasteiger partial charge in [-0.3, -0.25) is 4.57 Å². The van der Waals surface area contributed by atoms with E-state index in [4.69, 9.17) is 10.7 Å². The monoisotopic (exact) mass is 363 g/mol. The van der Waals surface area contributed by atoms with Crippen LogP contribution in [0.4, 0.5) is 5.69 Å². The molecular formula is C19H14BrN3. The quantitative estimate of drug-likeness (QED) is 0.507. The van der Waals surface area contributed by atoms with E-state index in [1.165, 1.54) is 0 Å². The molecule has 0 fully saturated rings. The number of aromatic nitrogens is 2. The SMILES string of the molecule is Nc1ccccc1-n1c(-c2ccccc2Br)nc2ccccc21. The first-order chi connectivity index (χ1) is 11.3. The Hall–Kier alpha value is -2.59. The molecule has 4 rings (SSSR count). The van der Waals surface area contributed by atoms with Gasteiger partial charge >= 0.3 is 0 Å². The summed E-state index contributed by atoms with van der Waals surface area (Å²) in [5, 5.41) is 0. The second-order valence-corrected chi connectivity index (χ2v) is 6.15. The molecule has 0 saturated carbocycles. The zero-order valence-corrected chi connectivity index (χ0v) is 13.9. The van der Waals surface area contributed by atoms with Crippen molar-refractivity contribution in [1.29, 1.82) is 0 Å². The fraction of sp³-hybridized carbons (Fsp3) is 0. The van der Waals surface area contributed by atoms with E-state index in [9.17, 15) is 0 Å². The number of hydrogen-bond acceptors (Lipinski definition) is 2. The zero-order chi connectivity index (χ0) is 15.8. The number of benzene rings is 3. The summed E-state index contributed by atoms with van der Waals surface area (Å²) in [5.41, 5.74) is 10.9. The summed E-state index contributed by atoms with van der Waals surface area (Å²) >= 11 is 3.63. The van der Waals surface area contributed by atoms with Gasteiger partial charge in [-0.2, -0.15) is 0 Å². The van der Waals surface area contributed by atoms with Gasteiger partial charge in [0.05, 0.1) is 22.4 Å². The predicted molar refractivity (Wildman–Crippen MR) is 98.6 cm³/mol. The van der Waals surface area contributed by atoms with Crippen LogP contribution in [0.15, 0.2) is 77.3 Å². The van der Waals surface area contributed by atoms with E-state index in [0.717, 1.165) is 38.3 Å². The number of nitrogens with zero attached hydrogens (tertiary/aromatic N) is 2. The van der Waals surface area contributed by atoms with Crippen molar-refractivity contribution in [2.45, 2.75) is 0 Å². The molecule has 4 aromatic rings. The van der Waals surface area contributed by atoms with Crippen molar-refractivity contribution in [2.75, 3.05) is 5.73 Å². The van der Waals surface area contributed by atoms with Crippen LogP contribution in [0, 0.1) is 0 Å². The van der Waals surface area contributed by atoms with Gasteiger partial charge in [-0.05, 0) is 30.3 Å². The maximum absolute atomic E-state index is 6.23. The summed E-state index contributed by atoms with van der Waals surface area (Å²) in [4.78, 5) is 4.84. The minimum absolute atomic E-state index is 0.726. The van der Waals surface area contributed by atoms with E-state index in [1.807, 2.05) is 60.7 Å². The molecule has 3 aromatic carbocycles. The van der Waals surface area contributed by atoms with Crippen molar-refractivity contribution in [3.8, 4) is 17.1 Å². The predicted octanol–water partition coefficient (Wildman–Crippen LogP) is 5.04. The highest BCUT2D eigenvalue weighted by Crippen LogP contribution is 2.34. The van der Waals surface area contributed by atoms with E-state index in [2.05, 4.69) is 32.6 Å². The normalized spacial score (nSPS) is 11.0. The lowest BCUT2D eigenvalue weighted by Crippen LogP contribution is -2.02. The summed E-state index contributed by atoms with van der Waals surface area (Å²) in [6, 6.07) is 24.0. The molecule has 4 heteroatoms. The Morgan fingerprint density at radius 3 is 2.35 bits per heavy atom. The molecule has 0 bridgehead atoms. The second-order valence-electron chi connectivity index (χ2n) is 5.30. The Balaban J connectivity index is 2.12. The highest BCUT2D eigenvalue weighted by molar-refractivity contribution is 9.10. The first-order valence-corrected chi connectivity index (χ1v) is 8.12. The topological polar surface area (TPSA) is 43.8 Å². The fourth-order valence-electron chi connectivity index (χ4n) is 2.78. The van der Waals surface area contributed by atoms with Crippen molar-refractivity contribution in [1.82, 2.24) is 9.55 Å². The number of imidazole rings is 1. The number of para-hydroxylation sites is 4. The lowest BCUT2D eigenvalue weighted by molar-refractivity contribution is 1.10. The van der Waals surface area contributed by atoms with Gasteiger partial charge in [0.2, 0.25) is 0 Å². The molecule has 0 radical (unpaired) electrons. The van der Waals surface area contributed by atoms with Crippen LogP contribution in [0.25, 0.3) is 28.1 Å². The Morgan fingerprint density at radius 1 is 0.826 bits per heavy atom. The van der Waals surface area contributed by atoms with Crippen molar-refractivity contribution >= 4 is 32.7 Å². The summed E-state index contributed by atoms with van der Waals surface area (Å²) in [6.07, 6.45) is 0. The molecule has 0 aliphatic rings. The lowest BCUT2D eigenvalue weighted by atomic mass is 10.2. The fourth-order valence-corrected chi connectivity index (χ4v) is 3.25. The maximum atomic E-state index is 6.23. The zero-order valence-electron chi connectivity index (χ0n) is 12.3. The molecular weight excluding hydrogens is 350 g/mol. The molecule has 0 saturated heterocycles. The summed E-state index contributed by atoms with van der Waals surface area (Å²) in [6.45, 7) is 0. The Labute approximate surface area is 142 Å². The van der Waals surface area contributed by atoms with E-state index in [1.54, 1.807) is 0 Å². The number of hydrogen-bond donors (Lipinski definition) is 1. The van der Waals surface area contributed by atoms with Crippen LogP contribution in [0.5, 0.6) is 0 Å². The summed E-state index contributed by atoms with van der Waals surface area (Å²) in [5.74, 6) is 0.872. The summed E-state index contributed by atoms with van der Waals surface area (Å²) in [7, 11) is 0. The number of anilines is 1. The molecule has 3 nitrogen and oxygen atoms in total. The van der Waals surface area contributed by atoms with Crippen molar-refractivity contribution in [3.63, 3.8) is 0 Å². The van der Waals surface area contributed by atoms with E-state index in [0.29, 0.717) is 0 Å². The third kappa shape index (κ3) is 2.32. The van der Waals surface area contributed by atoms with Gasteiger partial charge in [0.15, 0.2) is 0 Å². The van der Waals surface area contributed by atoms with Crippen LogP contribution in [0.1, 0.15) is 0 Å². The lowest BCUT2D eigenvalue weighted by Gasteiger charge is -2.12. The minimum Gasteiger partial charge on any atom is -0.397 e. The molecule has 1 aromatic heterocycles. The van der Waals surface area contributed by atoms with Crippen molar-refractivity contribution in [2.24, 2.45) is 0 Å². The number of fused-ring (bicyclic) bond motifs is 1. The number of nitrogen functional groups attached to an aromatic ring is 1. The van der Waals surface area contributed by atoms with Gasteiger partial charge in [-0.25, -0.2) is 4.98 Å². The highest BCUT2D eigenvalue weighted by atomic mass is 79.9. The van der Waals surface area contributed by atoms with E-state index >= 15 is 0 Å². The largest absolute Gasteiger partial charge is 0.397 e. The minimum atomic E-state index is 0.726. The molecule has 23 heavy (non-hydrogen) atoms. The van der Waals surface area contributed by atoms with Gasteiger partial charge in [0.1, 0.15) is 5.82 Å². The summed E-state index contributed by atoms with van der Waals surface area (Å²) < 4.78 is 3.12. The van der Waals surface area contributed by atoms with E-state index < -0.39 is 0 Å². The first kappa shape index (κ1) is 14.0. The Bertz CT molecular complexity index is 1000. The van der Waals surface area contributed by atoms with Gasteiger partial charge in [0.25, 0.3) is 0 Å². The molecule has 112 valence electrons. The molecule has 0 amide bonds. The average molecular weight is 364 g/mol. The molecule has 0 unspecified atom stereocenters. The molecule has 2 N–H and O–H groups in total. The number of nitrogens with two attached hydrogens (primary N) is 1. The van der Waals surface area contributed by atoms with Crippen LogP contribution in [-0.2, 0) is 0 Å². The smallest absolute Gasteiger partial charge is 0.146 e. The maximum Gasteiger partial charge on any atom is 0.146 e. The Morgan fingerprint density at radius 2 is 1.52 bits per heavy atom. The number of rotatable bonds is 2. The van der Waals surface area contributed by atoms with E-state index in [-0.39, 0.29) is 0 Å². The standard InChI is InChI=1S/C19H14BrN3/c20-14-8-2-1-7-13(14)19-22-16-10-4-6-12-18(16)23(19)17-11-5-3-9-15(17)21/h1-12H,21H2. The van der Waals surface area contributed by atoms with Crippen molar-refractivity contribution < 1.29 is 0 Å². The molecule has 0 atom stereocenters. The third-order valence-electron chi connectivity index (χ3n) is 3.85. The van der Waals surface area contributed by atoms with Gasteiger partial charge in [0, 0.05) is 10.0 Å². The molecule has 0 aliphatic carbocycles. The van der Waals surface area contributed by atoms with Crippen LogP contribution < -0.4 is 5.73 Å². The van der Waals surface area contributed by atoms with Gasteiger partial charge in [-0.15, -0.1) is 0 Å². The highest BCUT2D eigenvalue weighted by Gasteiger charge is 2.16. The second kappa shape index (κ2) is 5.56. The van der Waals surface area contributed by atoms with Crippen LogP contribution >= 0.6 is 15.9 Å². The Kier molecular flexibility index (Phi) is 3.39. The van der Waals surface area contributed by atoms with Crippen LogP contribution in [-0.4, -0.2) is 9.55 Å². The first-order valence-electron chi connectivity index (χ1n) is 7.33.